The molecule has 0 aromatic heterocycles. The Balaban J connectivity index is 1.48. The fourth-order valence-corrected chi connectivity index (χ4v) is 4.29. The van der Waals surface area contributed by atoms with Crippen LogP contribution in [0.5, 0.6) is 0 Å². The van der Waals surface area contributed by atoms with Crippen molar-refractivity contribution in [2.24, 2.45) is 0 Å². The van der Waals surface area contributed by atoms with Gasteiger partial charge in [-0.2, -0.15) is 0 Å². The van der Waals surface area contributed by atoms with Gasteiger partial charge < -0.3 is 9.80 Å². The van der Waals surface area contributed by atoms with Gasteiger partial charge in [-0.15, -0.1) is 0 Å². The summed E-state index contributed by atoms with van der Waals surface area (Å²) < 4.78 is 0. The van der Waals surface area contributed by atoms with Gasteiger partial charge in [0.1, 0.15) is 0 Å². The van der Waals surface area contributed by atoms with E-state index in [4.69, 9.17) is 11.6 Å². The Hall–Kier alpha value is -2.82. The predicted octanol–water partition coefficient (Wildman–Crippen LogP) is 4.95. The topological polar surface area (TPSA) is 26.8 Å². The molecule has 0 saturated carbocycles. The normalized spacial score (nSPS) is 15.5. The number of hydrogen-bond acceptors (Lipinski definition) is 3. The van der Waals surface area contributed by atoms with Crippen LogP contribution >= 0.6 is 11.6 Å². The Kier molecular flexibility index (Phi) is 6.59. The maximum atomic E-state index is 13.0. The van der Waals surface area contributed by atoms with Gasteiger partial charge in [0.15, 0.2) is 0 Å². The van der Waals surface area contributed by atoms with Gasteiger partial charge in [-0.1, -0.05) is 54.1 Å². The minimum Gasteiger partial charge on any atom is -0.378 e. The summed E-state index contributed by atoms with van der Waals surface area (Å²) in [5, 5.41) is 0.742. The van der Waals surface area contributed by atoms with Crippen molar-refractivity contribution in [1.82, 2.24) is 9.80 Å². The molecule has 0 bridgehead atoms. The van der Waals surface area contributed by atoms with Crippen LogP contribution in [0.2, 0.25) is 5.02 Å². The van der Waals surface area contributed by atoms with Crippen molar-refractivity contribution in [3.8, 4) is 0 Å². The van der Waals surface area contributed by atoms with Gasteiger partial charge in [0.2, 0.25) is 0 Å². The highest BCUT2D eigenvalue weighted by atomic mass is 35.5. The summed E-state index contributed by atoms with van der Waals surface area (Å²) in [6.07, 6.45) is 0. The molecular weight excluding hydrogens is 406 g/mol. The summed E-state index contributed by atoms with van der Waals surface area (Å²) in [6, 6.07) is 26.6. The molecule has 1 heterocycles. The Morgan fingerprint density at radius 2 is 1.39 bits per heavy atom. The second-order valence-corrected chi connectivity index (χ2v) is 8.57. The Morgan fingerprint density at radius 1 is 0.806 bits per heavy atom. The fourth-order valence-electron chi connectivity index (χ4n) is 4.16. The summed E-state index contributed by atoms with van der Waals surface area (Å²) in [6.45, 7) is 3.07. The molecule has 1 fully saturated rings. The first-order chi connectivity index (χ1) is 15.0. The first-order valence-corrected chi connectivity index (χ1v) is 11.0. The Bertz CT molecular complexity index is 995. The van der Waals surface area contributed by atoms with Crippen LogP contribution in [0.15, 0.2) is 78.9 Å². The average Bonchev–Trinajstić information content (AvgIpc) is 2.81. The minimum atomic E-state index is 0.104. The molecule has 1 amide bonds. The summed E-state index contributed by atoms with van der Waals surface area (Å²) in [7, 11) is 4.00. The summed E-state index contributed by atoms with van der Waals surface area (Å²) in [5.41, 5.74) is 4.31. The number of halogens is 1. The molecule has 1 saturated heterocycles. The van der Waals surface area contributed by atoms with E-state index < -0.39 is 0 Å². The molecule has 3 aromatic rings. The molecule has 0 radical (unpaired) electrons. The van der Waals surface area contributed by atoms with E-state index in [-0.39, 0.29) is 11.9 Å². The zero-order valence-electron chi connectivity index (χ0n) is 18.0. The molecule has 1 aliphatic heterocycles. The summed E-state index contributed by atoms with van der Waals surface area (Å²) in [4.78, 5) is 19.5. The van der Waals surface area contributed by atoms with Crippen LogP contribution in [-0.2, 0) is 0 Å². The molecule has 5 heteroatoms. The third-order valence-corrected chi connectivity index (χ3v) is 6.15. The number of piperazine rings is 1. The lowest BCUT2D eigenvalue weighted by molar-refractivity contribution is 0.0597. The van der Waals surface area contributed by atoms with Crippen molar-refractivity contribution in [3.05, 3.63) is 101 Å². The third-order valence-electron chi connectivity index (χ3n) is 5.90. The summed E-state index contributed by atoms with van der Waals surface area (Å²) in [5.74, 6) is 0.104. The number of carbonyl (C=O) groups excluding carboxylic acids is 1. The van der Waals surface area contributed by atoms with E-state index in [1.807, 2.05) is 66.4 Å². The Morgan fingerprint density at radius 3 is 1.97 bits per heavy atom. The maximum Gasteiger partial charge on any atom is 0.253 e. The van der Waals surface area contributed by atoms with E-state index in [1.165, 1.54) is 11.1 Å². The first-order valence-electron chi connectivity index (χ1n) is 10.6. The van der Waals surface area contributed by atoms with Gasteiger partial charge in [-0.05, 0) is 47.5 Å². The summed E-state index contributed by atoms with van der Waals surface area (Å²) >= 11 is 6.13. The van der Waals surface area contributed by atoms with Crippen molar-refractivity contribution < 1.29 is 4.79 Å². The fraction of sp³-hybridized carbons (Fsp3) is 0.269. The standard InChI is InChI=1S/C26H28ClN3O/c1-28(2)24-14-10-22(11-15-24)26(31)30-18-16-29(17-19-30)25(20-6-4-3-5-7-20)21-8-12-23(27)13-9-21/h3-15,25H,16-19H2,1-2H3. The molecule has 0 spiro atoms. The van der Waals surface area contributed by atoms with E-state index in [0.29, 0.717) is 13.1 Å². The minimum absolute atomic E-state index is 0.104. The largest absolute Gasteiger partial charge is 0.378 e. The highest BCUT2D eigenvalue weighted by Crippen LogP contribution is 2.30. The molecule has 4 rings (SSSR count). The Labute approximate surface area is 189 Å². The molecular formula is C26H28ClN3O. The number of carbonyl (C=O) groups is 1. The van der Waals surface area contributed by atoms with Crippen LogP contribution < -0.4 is 4.90 Å². The van der Waals surface area contributed by atoms with Crippen molar-refractivity contribution in [2.75, 3.05) is 45.2 Å². The second kappa shape index (κ2) is 9.54. The lowest BCUT2D eigenvalue weighted by atomic mass is 9.96. The van der Waals surface area contributed by atoms with Crippen molar-refractivity contribution >= 4 is 23.2 Å². The number of amides is 1. The molecule has 1 atom stereocenters. The van der Waals surface area contributed by atoms with Crippen molar-refractivity contribution in [3.63, 3.8) is 0 Å². The van der Waals surface area contributed by atoms with Gasteiger partial charge in [-0.3, -0.25) is 9.69 Å². The van der Waals surface area contributed by atoms with Crippen LogP contribution in [0.3, 0.4) is 0 Å². The van der Waals surface area contributed by atoms with Crippen molar-refractivity contribution in [2.45, 2.75) is 6.04 Å². The van der Waals surface area contributed by atoms with E-state index >= 15 is 0 Å². The van der Waals surface area contributed by atoms with Gasteiger partial charge in [0.05, 0.1) is 6.04 Å². The number of nitrogens with zero attached hydrogens (tertiary/aromatic N) is 3. The number of benzene rings is 3. The molecule has 31 heavy (non-hydrogen) atoms. The molecule has 1 unspecified atom stereocenters. The second-order valence-electron chi connectivity index (χ2n) is 8.13. The lowest BCUT2D eigenvalue weighted by Crippen LogP contribution is -2.49. The van der Waals surface area contributed by atoms with E-state index in [9.17, 15) is 4.79 Å². The van der Waals surface area contributed by atoms with Crippen LogP contribution in [0.25, 0.3) is 0 Å². The monoisotopic (exact) mass is 433 g/mol. The van der Waals surface area contributed by atoms with Gasteiger partial charge in [0, 0.05) is 56.5 Å². The molecule has 0 aliphatic carbocycles. The molecule has 3 aromatic carbocycles. The quantitative estimate of drug-likeness (QED) is 0.569. The molecule has 4 nitrogen and oxygen atoms in total. The van der Waals surface area contributed by atoms with Crippen LogP contribution in [-0.4, -0.2) is 56.0 Å². The molecule has 160 valence electrons. The number of anilines is 1. The van der Waals surface area contributed by atoms with Crippen molar-refractivity contribution in [1.29, 1.82) is 0 Å². The molecule has 1 aliphatic rings. The zero-order chi connectivity index (χ0) is 21.8. The number of hydrogen-bond donors (Lipinski definition) is 0. The highest BCUT2D eigenvalue weighted by Gasteiger charge is 2.28. The lowest BCUT2D eigenvalue weighted by Gasteiger charge is -2.40. The van der Waals surface area contributed by atoms with E-state index in [2.05, 4.69) is 41.3 Å². The number of rotatable bonds is 5. The third kappa shape index (κ3) is 4.92. The van der Waals surface area contributed by atoms with Crippen LogP contribution in [0.1, 0.15) is 27.5 Å². The maximum absolute atomic E-state index is 13.0. The van der Waals surface area contributed by atoms with Gasteiger partial charge >= 0.3 is 0 Å². The van der Waals surface area contributed by atoms with E-state index in [0.717, 1.165) is 29.4 Å². The highest BCUT2D eigenvalue weighted by molar-refractivity contribution is 6.30. The van der Waals surface area contributed by atoms with Gasteiger partial charge in [0.25, 0.3) is 5.91 Å². The van der Waals surface area contributed by atoms with Gasteiger partial charge in [-0.25, -0.2) is 0 Å². The first kappa shape index (κ1) is 21.4. The molecule has 0 N–H and O–H groups in total. The van der Waals surface area contributed by atoms with Crippen LogP contribution in [0.4, 0.5) is 5.69 Å². The predicted molar refractivity (Wildman–Crippen MR) is 128 cm³/mol. The van der Waals surface area contributed by atoms with E-state index in [1.54, 1.807) is 0 Å². The SMILES string of the molecule is CN(C)c1ccc(C(=O)N2CCN(C(c3ccccc3)c3ccc(Cl)cc3)CC2)cc1. The average molecular weight is 434 g/mol. The smallest absolute Gasteiger partial charge is 0.253 e. The van der Waals surface area contributed by atoms with Crippen LogP contribution in [0, 0.1) is 0 Å². The zero-order valence-corrected chi connectivity index (χ0v) is 18.8.